The standard InChI is InChI=1S/C8H16N2S.ClH/c1-2-3-7-6-11-5-4-10-8(7)9;/h7H,2-6H2,1H3,(H2,9,10);1H. The highest BCUT2D eigenvalue weighted by molar-refractivity contribution is 7.99. The molecule has 0 aromatic rings. The van der Waals surface area contributed by atoms with E-state index in [0.29, 0.717) is 5.92 Å². The number of nitrogens with one attached hydrogen (secondary N) is 2. The van der Waals surface area contributed by atoms with E-state index in [1.165, 1.54) is 12.8 Å². The number of amidine groups is 1. The first-order valence-corrected chi connectivity index (χ1v) is 5.40. The van der Waals surface area contributed by atoms with Crippen LogP contribution < -0.4 is 5.32 Å². The van der Waals surface area contributed by atoms with E-state index in [9.17, 15) is 0 Å². The van der Waals surface area contributed by atoms with Crippen LogP contribution in [-0.4, -0.2) is 23.9 Å². The lowest BCUT2D eigenvalue weighted by molar-refractivity contribution is 0.655. The molecule has 4 heteroatoms. The first kappa shape index (κ1) is 12.1. The van der Waals surface area contributed by atoms with Crippen LogP contribution in [-0.2, 0) is 0 Å². The van der Waals surface area contributed by atoms with Crippen LogP contribution in [0.15, 0.2) is 0 Å². The third kappa shape index (κ3) is 3.68. The molecule has 1 unspecified atom stereocenters. The second kappa shape index (κ2) is 6.61. The maximum Gasteiger partial charge on any atom is 0.0971 e. The Balaban J connectivity index is 0.00000121. The van der Waals surface area contributed by atoms with Gasteiger partial charge in [0.25, 0.3) is 0 Å². The summed E-state index contributed by atoms with van der Waals surface area (Å²) in [5.41, 5.74) is 0. The van der Waals surface area contributed by atoms with Gasteiger partial charge in [0.15, 0.2) is 0 Å². The molecule has 72 valence electrons. The van der Waals surface area contributed by atoms with Crippen LogP contribution in [0.5, 0.6) is 0 Å². The van der Waals surface area contributed by atoms with Crippen molar-refractivity contribution in [3.63, 3.8) is 0 Å². The van der Waals surface area contributed by atoms with Crippen molar-refractivity contribution in [3.05, 3.63) is 0 Å². The van der Waals surface area contributed by atoms with Gasteiger partial charge in [0.2, 0.25) is 0 Å². The van der Waals surface area contributed by atoms with E-state index in [1.54, 1.807) is 0 Å². The Bertz CT molecular complexity index is 141. The highest BCUT2D eigenvalue weighted by atomic mass is 35.5. The molecule has 1 heterocycles. The van der Waals surface area contributed by atoms with Crippen molar-refractivity contribution in [2.45, 2.75) is 19.8 Å². The van der Waals surface area contributed by atoms with Crippen molar-refractivity contribution in [3.8, 4) is 0 Å². The van der Waals surface area contributed by atoms with E-state index < -0.39 is 0 Å². The van der Waals surface area contributed by atoms with Crippen LogP contribution in [0, 0.1) is 11.3 Å². The zero-order chi connectivity index (χ0) is 8.10. The van der Waals surface area contributed by atoms with Crippen molar-refractivity contribution in [2.75, 3.05) is 18.1 Å². The Morgan fingerprint density at radius 2 is 2.42 bits per heavy atom. The van der Waals surface area contributed by atoms with Gasteiger partial charge in [-0.05, 0) is 6.42 Å². The third-order valence-electron chi connectivity index (χ3n) is 1.93. The first-order valence-electron chi connectivity index (χ1n) is 4.24. The van der Waals surface area contributed by atoms with Crippen LogP contribution in [0.3, 0.4) is 0 Å². The van der Waals surface area contributed by atoms with Crippen LogP contribution in [0.25, 0.3) is 0 Å². The summed E-state index contributed by atoms with van der Waals surface area (Å²) in [5.74, 6) is 3.55. The van der Waals surface area contributed by atoms with Gasteiger partial charge < -0.3 is 5.32 Å². The Labute approximate surface area is 84.8 Å². The lowest BCUT2D eigenvalue weighted by Gasteiger charge is -2.13. The number of hydrogen-bond donors (Lipinski definition) is 2. The van der Waals surface area contributed by atoms with Crippen LogP contribution in [0.4, 0.5) is 0 Å². The average Bonchev–Trinajstić information content (AvgIpc) is 2.18. The predicted octanol–water partition coefficient (Wildman–Crippen LogP) is 2.14. The number of rotatable bonds is 2. The molecule has 0 radical (unpaired) electrons. The molecule has 2 nitrogen and oxygen atoms in total. The molecule has 1 aliphatic rings. The topological polar surface area (TPSA) is 35.9 Å². The molecule has 0 bridgehead atoms. The van der Waals surface area contributed by atoms with E-state index in [1.807, 2.05) is 11.8 Å². The third-order valence-corrected chi connectivity index (χ3v) is 3.06. The summed E-state index contributed by atoms with van der Waals surface area (Å²) in [6.07, 6.45) is 2.36. The van der Waals surface area contributed by atoms with Gasteiger partial charge in [-0.3, -0.25) is 5.41 Å². The number of halogens is 1. The maximum atomic E-state index is 7.66. The molecule has 2 N–H and O–H groups in total. The maximum absolute atomic E-state index is 7.66. The largest absolute Gasteiger partial charge is 0.373 e. The Kier molecular flexibility index (Phi) is 6.67. The fourth-order valence-electron chi connectivity index (χ4n) is 1.29. The Hall–Kier alpha value is 0.110. The lowest BCUT2D eigenvalue weighted by Crippen LogP contribution is -2.29. The molecule has 0 aliphatic carbocycles. The van der Waals surface area contributed by atoms with E-state index in [2.05, 4.69) is 12.2 Å². The Morgan fingerprint density at radius 3 is 3.08 bits per heavy atom. The predicted molar refractivity (Wildman–Crippen MR) is 58.7 cm³/mol. The van der Waals surface area contributed by atoms with Crippen molar-refractivity contribution in [1.82, 2.24) is 5.32 Å². The fourth-order valence-corrected chi connectivity index (χ4v) is 2.32. The van der Waals surface area contributed by atoms with Gasteiger partial charge in [-0.15, -0.1) is 12.4 Å². The minimum atomic E-state index is 0. The van der Waals surface area contributed by atoms with Gasteiger partial charge in [0.05, 0.1) is 5.84 Å². The molecule has 1 rings (SSSR count). The molecule has 1 aliphatic heterocycles. The molecular formula is C8H17ClN2S. The summed E-state index contributed by atoms with van der Waals surface area (Å²) in [6.45, 7) is 3.16. The zero-order valence-corrected chi connectivity index (χ0v) is 9.06. The average molecular weight is 209 g/mol. The van der Waals surface area contributed by atoms with Crippen LogP contribution >= 0.6 is 24.2 Å². The molecule has 0 saturated carbocycles. The van der Waals surface area contributed by atoms with E-state index in [-0.39, 0.29) is 12.4 Å². The van der Waals surface area contributed by atoms with Crippen molar-refractivity contribution in [1.29, 1.82) is 5.41 Å². The summed E-state index contributed by atoms with van der Waals surface area (Å²) in [6, 6.07) is 0. The minimum Gasteiger partial charge on any atom is -0.373 e. The summed E-state index contributed by atoms with van der Waals surface area (Å²) in [7, 11) is 0. The molecule has 1 atom stereocenters. The van der Waals surface area contributed by atoms with Crippen LogP contribution in [0.1, 0.15) is 19.8 Å². The SMILES string of the molecule is CCCC1CSCCNC1=N.Cl. The molecule has 0 aromatic heterocycles. The molecule has 1 fully saturated rings. The monoisotopic (exact) mass is 208 g/mol. The minimum absolute atomic E-state index is 0. The number of hydrogen-bond acceptors (Lipinski definition) is 2. The van der Waals surface area contributed by atoms with E-state index in [4.69, 9.17) is 5.41 Å². The Morgan fingerprint density at radius 1 is 1.67 bits per heavy atom. The van der Waals surface area contributed by atoms with Gasteiger partial charge in [-0.1, -0.05) is 13.3 Å². The molecule has 0 aromatic carbocycles. The molecule has 0 spiro atoms. The first-order chi connectivity index (χ1) is 5.34. The van der Waals surface area contributed by atoms with Crippen molar-refractivity contribution < 1.29 is 0 Å². The fraction of sp³-hybridized carbons (Fsp3) is 0.875. The normalized spacial score (nSPS) is 23.8. The lowest BCUT2D eigenvalue weighted by atomic mass is 10.1. The van der Waals surface area contributed by atoms with Gasteiger partial charge >= 0.3 is 0 Å². The van der Waals surface area contributed by atoms with Crippen molar-refractivity contribution in [2.24, 2.45) is 5.92 Å². The molecule has 0 amide bonds. The highest BCUT2D eigenvalue weighted by Gasteiger charge is 2.15. The van der Waals surface area contributed by atoms with Gasteiger partial charge in [-0.25, -0.2) is 0 Å². The van der Waals surface area contributed by atoms with Gasteiger partial charge in [0.1, 0.15) is 0 Å². The summed E-state index contributed by atoms with van der Waals surface area (Å²) in [4.78, 5) is 0. The molecule has 1 saturated heterocycles. The second-order valence-corrected chi connectivity index (χ2v) is 4.05. The summed E-state index contributed by atoms with van der Waals surface area (Å²) < 4.78 is 0. The van der Waals surface area contributed by atoms with Gasteiger partial charge in [-0.2, -0.15) is 11.8 Å². The van der Waals surface area contributed by atoms with E-state index in [0.717, 1.165) is 23.9 Å². The number of thioether (sulfide) groups is 1. The smallest absolute Gasteiger partial charge is 0.0971 e. The molecular weight excluding hydrogens is 192 g/mol. The highest BCUT2D eigenvalue weighted by Crippen LogP contribution is 2.16. The summed E-state index contributed by atoms with van der Waals surface area (Å²) >= 11 is 1.96. The van der Waals surface area contributed by atoms with E-state index >= 15 is 0 Å². The van der Waals surface area contributed by atoms with Crippen LogP contribution in [0.2, 0.25) is 0 Å². The van der Waals surface area contributed by atoms with Crippen molar-refractivity contribution >= 4 is 30.0 Å². The zero-order valence-electron chi connectivity index (χ0n) is 7.43. The second-order valence-electron chi connectivity index (χ2n) is 2.90. The quantitative estimate of drug-likeness (QED) is 0.730. The molecule has 12 heavy (non-hydrogen) atoms. The summed E-state index contributed by atoms with van der Waals surface area (Å²) in [5, 5.41) is 10.8. The van der Waals surface area contributed by atoms with Gasteiger partial charge in [0, 0.05) is 24.0 Å².